The molecule has 0 atom stereocenters. The molecular formula is C15H19ClN2O4. The standard InChI is InChI=1S/C15H19ClN2O4/c1-18(15(6-7-15)9-21-2)14(20)17-10-4-5-11(12(16)8-10)13(19)22-3/h4-5,8H,6-7,9H2,1-3H3,(H,17,20). The van der Waals surface area contributed by atoms with Crippen molar-refractivity contribution in [2.24, 2.45) is 0 Å². The maximum atomic E-state index is 12.3. The van der Waals surface area contributed by atoms with Crippen LogP contribution in [0, 0.1) is 0 Å². The van der Waals surface area contributed by atoms with Crippen molar-refractivity contribution in [2.45, 2.75) is 18.4 Å². The van der Waals surface area contributed by atoms with E-state index >= 15 is 0 Å². The van der Waals surface area contributed by atoms with Crippen molar-refractivity contribution >= 4 is 29.3 Å². The van der Waals surface area contributed by atoms with Crippen molar-refractivity contribution in [2.75, 3.05) is 33.2 Å². The Hall–Kier alpha value is -1.79. The number of urea groups is 1. The van der Waals surface area contributed by atoms with Gasteiger partial charge in [-0.2, -0.15) is 0 Å². The average Bonchev–Trinajstić information content (AvgIpc) is 3.27. The summed E-state index contributed by atoms with van der Waals surface area (Å²) in [5, 5.41) is 2.99. The Kier molecular flexibility index (Phi) is 4.93. The molecule has 120 valence electrons. The monoisotopic (exact) mass is 326 g/mol. The molecule has 1 fully saturated rings. The molecule has 1 N–H and O–H groups in total. The molecule has 0 bridgehead atoms. The van der Waals surface area contributed by atoms with Crippen molar-refractivity contribution in [1.82, 2.24) is 4.90 Å². The fourth-order valence-corrected chi connectivity index (χ4v) is 2.54. The number of carbonyl (C=O) groups excluding carboxylic acids is 2. The highest BCUT2D eigenvalue weighted by Crippen LogP contribution is 2.41. The topological polar surface area (TPSA) is 67.9 Å². The van der Waals surface area contributed by atoms with Gasteiger partial charge in [-0.15, -0.1) is 0 Å². The lowest BCUT2D eigenvalue weighted by atomic mass is 10.2. The molecule has 0 unspecified atom stereocenters. The van der Waals surface area contributed by atoms with Gasteiger partial charge in [-0.25, -0.2) is 9.59 Å². The van der Waals surface area contributed by atoms with Gasteiger partial charge in [-0.05, 0) is 31.0 Å². The van der Waals surface area contributed by atoms with Crippen LogP contribution in [0.25, 0.3) is 0 Å². The van der Waals surface area contributed by atoms with E-state index in [4.69, 9.17) is 16.3 Å². The lowest BCUT2D eigenvalue weighted by Crippen LogP contribution is -2.44. The number of benzene rings is 1. The van der Waals surface area contributed by atoms with Crippen LogP contribution in [0.5, 0.6) is 0 Å². The summed E-state index contributed by atoms with van der Waals surface area (Å²) in [6, 6.07) is 4.41. The number of carbonyl (C=O) groups is 2. The molecule has 22 heavy (non-hydrogen) atoms. The van der Waals surface area contributed by atoms with Crippen molar-refractivity contribution in [3.63, 3.8) is 0 Å². The molecule has 6 nitrogen and oxygen atoms in total. The van der Waals surface area contributed by atoms with Gasteiger partial charge in [0.05, 0.1) is 29.8 Å². The summed E-state index contributed by atoms with van der Waals surface area (Å²) in [6.07, 6.45) is 1.85. The van der Waals surface area contributed by atoms with Gasteiger partial charge in [-0.1, -0.05) is 11.6 Å². The summed E-state index contributed by atoms with van der Waals surface area (Å²) in [5.41, 5.74) is 0.561. The second kappa shape index (κ2) is 6.54. The van der Waals surface area contributed by atoms with Crippen LogP contribution >= 0.6 is 11.6 Å². The lowest BCUT2D eigenvalue weighted by molar-refractivity contribution is 0.0601. The van der Waals surface area contributed by atoms with Crippen LogP contribution in [-0.2, 0) is 9.47 Å². The first-order valence-electron chi connectivity index (χ1n) is 6.85. The highest BCUT2D eigenvalue weighted by Gasteiger charge is 2.48. The molecule has 0 saturated heterocycles. The number of ether oxygens (including phenoxy) is 2. The molecule has 0 heterocycles. The predicted molar refractivity (Wildman–Crippen MR) is 83.4 cm³/mol. The molecule has 0 aliphatic heterocycles. The molecule has 7 heteroatoms. The summed E-state index contributed by atoms with van der Waals surface area (Å²) >= 11 is 6.03. The summed E-state index contributed by atoms with van der Waals surface area (Å²) in [6.45, 7) is 0.513. The fourth-order valence-electron chi connectivity index (χ4n) is 2.28. The minimum Gasteiger partial charge on any atom is -0.465 e. The van der Waals surface area contributed by atoms with Crippen LogP contribution in [0.15, 0.2) is 18.2 Å². The van der Waals surface area contributed by atoms with Crippen molar-refractivity contribution in [1.29, 1.82) is 0 Å². The number of halogens is 1. The molecule has 1 aromatic rings. The zero-order valence-corrected chi connectivity index (χ0v) is 13.6. The Bertz CT molecular complexity index is 587. The average molecular weight is 327 g/mol. The third-order valence-corrected chi connectivity index (χ3v) is 4.19. The van der Waals surface area contributed by atoms with Gasteiger partial charge in [0.1, 0.15) is 0 Å². The zero-order valence-electron chi connectivity index (χ0n) is 12.8. The summed E-state index contributed by atoms with van der Waals surface area (Å²) < 4.78 is 9.79. The maximum Gasteiger partial charge on any atom is 0.339 e. The number of hydrogen-bond donors (Lipinski definition) is 1. The zero-order chi connectivity index (χ0) is 16.3. The number of anilines is 1. The van der Waals surface area contributed by atoms with Gasteiger partial charge < -0.3 is 19.7 Å². The number of nitrogens with one attached hydrogen (secondary N) is 1. The van der Waals surface area contributed by atoms with Crippen LogP contribution < -0.4 is 5.32 Å². The van der Waals surface area contributed by atoms with E-state index < -0.39 is 5.97 Å². The van der Waals surface area contributed by atoms with Gasteiger partial charge in [0, 0.05) is 19.8 Å². The normalized spacial score (nSPS) is 15.1. The number of methoxy groups -OCH3 is 2. The summed E-state index contributed by atoms with van der Waals surface area (Å²) in [5.74, 6) is -0.517. The van der Waals surface area contributed by atoms with Crippen LogP contribution in [0.4, 0.5) is 10.5 Å². The predicted octanol–water partition coefficient (Wildman–Crippen LogP) is 2.77. The Balaban J connectivity index is 2.06. The van der Waals surface area contributed by atoms with E-state index in [9.17, 15) is 9.59 Å². The van der Waals surface area contributed by atoms with Crippen molar-refractivity contribution < 1.29 is 19.1 Å². The van der Waals surface area contributed by atoms with Crippen LogP contribution in [0.2, 0.25) is 5.02 Å². The molecule has 1 aliphatic rings. The van der Waals surface area contributed by atoms with Crippen LogP contribution in [-0.4, -0.2) is 50.3 Å². The number of nitrogens with zero attached hydrogens (tertiary/aromatic N) is 1. The Morgan fingerprint density at radius 2 is 2.05 bits per heavy atom. The highest BCUT2D eigenvalue weighted by molar-refractivity contribution is 6.33. The van der Waals surface area contributed by atoms with Crippen molar-refractivity contribution in [3.05, 3.63) is 28.8 Å². The number of likely N-dealkylation sites (N-methyl/N-ethyl adjacent to an activating group) is 1. The second-order valence-corrected chi connectivity index (χ2v) is 5.74. The first-order valence-corrected chi connectivity index (χ1v) is 7.23. The van der Waals surface area contributed by atoms with E-state index in [1.807, 2.05) is 0 Å². The quantitative estimate of drug-likeness (QED) is 0.845. The number of esters is 1. The first kappa shape index (κ1) is 16.6. The molecule has 1 saturated carbocycles. The molecule has 2 amide bonds. The largest absolute Gasteiger partial charge is 0.465 e. The van der Waals surface area contributed by atoms with Crippen LogP contribution in [0.3, 0.4) is 0 Å². The fraction of sp³-hybridized carbons (Fsp3) is 0.467. The maximum absolute atomic E-state index is 12.3. The molecule has 1 aromatic carbocycles. The van der Waals surface area contributed by atoms with E-state index in [1.165, 1.54) is 19.2 Å². The van der Waals surface area contributed by atoms with Gasteiger partial charge in [0.25, 0.3) is 0 Å². The summed E-state index contributed by atoms with van der Waals surface area (Å²) in [7, 11) is 4.65. The molecule has 2 rings (SSSR count). The smallest absolute Gasteiger partial charge is 0.339 e. The van der Waals surface area contributed by atoms with E-state index in [2.05, 4.69) is 10.1 Å². The van der Waals surface area contributed by atoms with Gasteiger partial charge in [-0.3, -0.25) is 0 Å². The third kappa shape index (κ3) is 3.34. The first-order chi connectivity index (χ1) is 10.4. The van der Waals surface area contributed by atoms with Gasteiger partial charge in [0.2, 0.25) is 0 Å². The van der Waals surface area contributed by atoms with E-state index in [-0.39, 0.29) is 22.2 Å². The van der Waals surface area contributed by atoms with E-state index in [0.717, 1.165) is 12.8 Å². The van der Waals surface area contributed by atoms with E-state index in [0.29, 0.717) is 12.3 Å². The van der Waals surface area contributed by atoms with E-state index in [1.54, 1.807) is 25.1 Å². The van der Waals surface area contributed by atoms with Gasteiger partial charge >= 0.3 is 12.0 Å². The van der Waals surface area contributed by atoms with Crippen LogP contribution in [0.1, 0.15) is 23.2 Å². The summed E-state index contributed by atoms with van der Waals surface area (Å²) in [4.78, 5) is 25.4. The Morgan fingerprint density at radius 1 is 1.36 bits per heavy atom. The minimum absolute atomic E-state index is 0.214. The second-order valence-electron chi connectivity index (χ2n) is 5.33. The number of hydrogen-bond acceptors (Lipinski definition) is 4. The highest BCUT2D eigenvalue weighted by atomic mass is 35.5. The Morgan fingerprint density at radius 3 is 2.55 bits per heavy atom. The van der Waals surface area contributed by atoms with Crippen molar-refractivity contribution in [3.8, 4) is 0 Å². The Labute approximate surface area is 134 Å². The molecule has 0 radical (unpaired) electrons. The van der Waals surface area contributed by atoms with Gasteiger partial charge in [0.15, 0.2) is 0 Å². The number of amides is 2. The third-order valence-electron chi connectivity index (χ3n) is 3.88. The molecular weight excluding hydrogens is 308 g/mol. The SMILES string of the molecule is COCC1(N(C)C(=O)Nc2ccc(C(=O)OC)c(Cl)c2)CC1. The molecule has 0 spiro atoms. The number of rotatable bonds is 5. The lowest BCUT2D eigenvalue weighted by Gasteiger charge is -2.27. The molecule has 1 aliphatic carbocycles. The molecule has 0 aromatic heterocycles. The minimum atomic E-state index is -0.517.